The van der Waals surface area contributed by atoms with Gasteiger partial charge in [0.25, 0.3) is 0 Å². The van der Waals surface area contributed by atoms with Gasteiger partial charge in [0.15, 0.2) is 0 Å². The quantitative estimate of drug-likeness (QED) is 0.192. The highest BCUT2D eigenvalue weighted by atomic mass is 16.6. The van der Waals surface area contributed by atoms with Crippen LogP contribution in [0.4, 0.5) is 4.79 Å². The third-order valence-electron chi connectivity index (χ3n) is 4.89. The van der Waals surface area contributed by atoms with Crippen molar-refractivity contribution in [3.8, 4) is 0 Å². The molecule has 0 radical (unpaired) electrons. The van der Waals surface area contributed by atoms with Crippen LogP contribution in [0.2, 0.25) is 0 Å². The molecule has 1 aromatic carbocycles. The van der Waals surface area contributed by atoms with Crippen molar-refractivity contribution < 1.29 is 19.1 Å². The molecule has 0 aliphatic heterocycles. The number of benzene rings is 1. The van der Waals surface area contributed by atoms with Gasteiger partial charge in [0.1, 0.15) is 6.04 Å². The molecule has 5 heteroatoms. The van der Waals surface area contributed by atoms with Gasteiger partial charge < -0.3 is 14.8 Å². The van der Waals surface area contributed by atoms with E-state index in [2.05, 4.69) is 11.9 Å². The van der Waals surface area contributed by atoms with Crippen molar-refractivity contribution >= 4 is 12.1 Å². The topological polar surface area (TPSA) is 64.6 Å². The third-order valence-corrected chi connectivity index (χ3v) is 4.89. The Kier molecular flexibility index (Phi) is 15.1. The van der Waals surface area contributed by atoms with Crippen molar-refractivity contribution in [1.82, 2.24) is 5.32 Å². The van der Waals surface area contributed by atoms with E-state index in [9.17, 15) is 9.59 Å². The maximum atomic E-state index is 12.5. The third kappa shape index (κ3) is 13.0. The lowest BCUT2D eigenvalue weighted by molar-refractivity contribution is -0.146. The van der Waals surface area contributed by atoms with Gasteiger partial charge in [0.05, 0.1) is 13.2 Å². The Balaban J connectivity index is 2.34. The number of esters is 1. The standard InChI is InChI=1S/C25H39NO4/c1-3-5-7-8-9-10-11-12-16-20-29-24(27)23(21-22-17-14-13-15-18-22)26-25(28)30-19-6-4-2/h3,13-15,17-18,23H,1,4-12,16,19-21H2,2H3,(H,26,28)/t23-/m0/s1. The summed E-state index contributed by atoms with van der Waals surface area (Å²) in [5.74, 6) is -0.407. The highest BCUT2D eigenvalue weighted by Gasteiger charge is 2.23. The van der Waals surface area contributed by atoms with E-state index in [1.54, 1.807) is 0 Å². The fraction of sp³-hybridized carbons (Fsp3) is 0.600. The smallest absolute Gasteiger partial charge is 0.407 e. The number of hydrogen-bond donors (Lipinski definition) is 1. The van der Waals surface area contributed by atoms with Crippen molar-refractivity contribution in [1.29, 1.82) is 0 Å². The number of ether oxygens (including phenoxy) is 2. The van der Waals surface area contributed by atoms with Crippen LogP contribution in [-0.2, 0) is 20.7 Å². The lowest BCUT2D eigenvalue weighted by Crippen LogP contribution is -2.43. The Bertz CT molecular complexity index is 588. The molecule has 0 saturated heterocycles. The summed E-state index contributed by atoms with van der Waals surface area (Å²) in [4.78, 5) is 24.6. The van der Waals surface area contributed by atoms with Crippen LogP contribution in [0.15, 0.2) is 43.0 Å². The molecule has 0 unspecified atom stereocenters. The Labute approximate surface area is 182 Å². The molecule has 30 heavy (non-hydrogen) atoms. The maximum absolute atomic E-state index is 12.5. The fourth-order valence-corrected chi connectivity index (χ4v) is 3.08. The van der Waals surface area contributed by atoms with Gasteiger partial charge in [-0.15, -0.1) is 6.58 Å². The summed E-state index contributed by atoms with van der Waals surface area (Å²) in [5.41, 5.74) is 0.963. The van der Waals surface area contributed by atoms with E-state index < -0.39 is 18.1 Å². The average Bonchev–Trinajstić information content (AvgIpc) is 2.75. The zero-order chi connectivity index (χ0) is 21.9. The van der Waals surface area contributed by atoms with Gasteiger partial charge in [-0.05, 0) is 31.2 Å². The van der Waals surface area contributed by atoms with Crippen molar-refractivity contribution in [2.75, 3.05) is 13.2 Å². The van der Waals surface area contributed by atoms with Crippen LogP contribution in [0, 0.1) is 0 Å². The number of amides is 1. The Morgan fingerprint density at radius 1 is 0.933 bits per heavy atom. The highest BCUT2D eigenvalue weighted by molar-refractivity contribution is 5.81. The highest BCUT2D eigenvalue weighted by Crippen LogP contribution is 2.10. The molecule has 0 spiro atoms. The lowest BCUT2D eigenvalue weighted by atomic mass is 10.1. The van der Waals surface area contributed by atoms with Crippen molar-refractivity contribution in [2.24, 2.45) is 0 Å². The molecular weight excluding hydrogens is 378 g/mol. The number of carbonyl (C=O) groups is 2. The van der Waals surface area contributed by atoms with E-state index in [1.807, 2.05) is 43.3 Å². The van der Waals surface area contributed by atoms with Crippen LogP contribution < -0.4 is 5.32 Å². The molecule has 0 saturated carbocycles. The van der Waals surface area contributed by atoms with Crippen LogP contribution in [0.5, 0.6) is 0 Å². The van der Waals surface area contributed by atoms with Crippen LogP contribution >= 0.6 is 0 Å². The number of hydrogen-bond acceptors (Lipinski definition) is 4. The molecule has 1 aromatic rings. The predicted octanol–water partition coefficient (Wildman–Crippen LogP) is 5.97. The number of rotatable bonds is 17. The van der Waals surface area contributed by atoms with E-state index in [0.717, 1.165) is 44.1 Å². The number of unbranched alkanes of at least 4 members (excludes halogenated alkanes) is 8. The minimum Gasteiger partial charge on any atom is -0.464 e. The largest absolute Gasteiger partial charge is 0.464 e. The average molecular weight is 418 g/mol. The summed E-state index contributed by atoms with van der Waals surface area (Å²) in [6, 6.07) is 8.86. The molecule has 5 nitrogen and oxygen atoms in total. The minimum absolute atomic E-state index is 0.350. The van der Waals surface area contributed by atoms with E-state index in [4.69, 9.17) is 9.47 Å². The first-order chi connectivity index (χ1) is 14.7. The van der Waals surface area contributed by atoms with Gasteiger partial charge in [-0.1, -0.05) is 81.9 Å². The van der Waals surface area contributed by atoms with Crippen LogP contribution in [0.25, 0.3) is 0 Å². The number of carbonyl (C=O) groups excluding carboxylic acids is 2. The molecule has 1 atom stereocenters. The normalized spacial score (nSPS) is 11.5. The molecule has 0 fully saturated rings. The Morgan fingerprint density at radius 2 is 1.57 bits per heavy atom. The summed E-state index contributed by atoms with van der Waals surface area (Å²) in [7, 11) is 0. The molecule has 0 aliphatic rings. The second-order valence-corrected chi connectivity index (χ2v) is 7.60. The zero-order valence-electron chi connectivity index (χ0n) is 18.6. The number of allylic oxidation sites excluding steroid dienone is 1. The van der Waals surface area contributed by atoms with Gasteiger partial charge in [-0.25, -0.2) is 9.59 Å². The molecule has 0 aliphatic carbocycles. The first-order valence-electron chi connectivity index (χ1n) is 11.4. The van der Waals surface area contributed by atoms with Gasteiger partial charge in [0, 0.05) is 6.42 Å². The number of alkyl carbamates (subject to hydrolysis) is 1. The zero-order valence-corrected chi connectivity index (χ0v) is 18.6. The monoisotopic (exact) mass is 417 g/mol. The second-order valence-electron chi connectivity index (χ2n) is 7.60. The molecular formula is C25H39NO4. The molecule has 0 aromatic heterocycles. The fourth-order valence-electron chi connectivity index (χ4n) is 3.08. The molecule has 1 N–H and O–H groups in total. The Hall–Kier alpha value is -2.30. The van der Waals surface area contributed by atoms with Gasteiger partial charge in [-0.3, -0.25) is 0 Å². The van der Waals surface area contributed by atoms with E-state index >= 15 is 0 Å². The van der Waals surface area contributed by atoms with Crippen LogP contribution in [0.1, 0.15) is 76.7 Å². The van der Waals surface area contributed by atoms with Crippen molar-refractivity contribution in [3.63, 3.8) is 0 Å². The van der Waals surface area contributed by atoms with E-state index in [-0.39, 0.29) is 0 Å². The maximum Gasteiger partial charge on any atom is 0.407 e. The number of nitrogens with one attached hydrogen (secondary N) is 1. The van der Waals surface area contributed by atoms with Crippen LogP contribution in [0.3, 0.4) is 0 Å². The van der Waals surface area contributed by atoms with E-state index in [0.29, 0.717) is 19.6 Å². The first kappa shape index (κ1) is 25.7. The summed E-state index contributed by atoms with van der Waals surface area (Å²) >= 11 is 0. The second kappa shape index (κ2) is 17.5. The first-order valence-corrected chi connectivity index (χ1v) is 11.4. The van der Waals surface area contributed by atoms with Gasteiger partial charge in [-0.2, -0.15) is 0 Å². The van der Waals surface area contributed by atoms with E-state index in [1.165, 1.54) is 25.7 Å². The van der Waals surface area contributed by atoms with Gasteiger partial charge >= 0.3 is 12.1 Å². The summed E-state index contributed by atoms with van der Waals surface area (Å²) in [6.07, 6.45) is 12.6. The molecule has 1 amide bonds. The van der Waals surface area contributed by atoms with Gasteiger partial charge in [0.2, 0.25) is 0 Å². The van der Waals surface area contributed by atoms with Crippen molar-refractivity contribution in [3.05, 3.63) is 48.6 Å². The Morgan fingerprint density at radius 3 is 2.23 bits per heavy atom. The molecule has 0 bridgehead atoms. The minimum atomic E-state index is -0.744. The lowest BCUT2D eigenvalue weighted by Gasteiger charge is -2.18. The molecule has 0 heterocycles. The molecule has 1 rings (SSSR count). The predicted molar refractivity (Wildman–Crippen MR) is 121 cm³/mol. The van der Waals surface area contributed by atoms with Crippen molar-refractivity contribution in [2.45, 2.75) is 83.6 Å². The van der Waals surface area contributed by atoms with Crippen LogP contribution in [-0.4, -0.2) is 31.3 Å². The summed E-state index contributed by atoms with van der Waals surface area (Å²) in [6.45, 7) is 6.50. The molecule has 168 valence electrons. The SMILES string of the molecule is C=CCCCCCCCCCOC(=O)[C@H](Cc1ccccc1)NC(=O)OCCCC. The summed E-state index contributed by atoms with van der Waals surface area (Å²) < 4.78 is 10.6. The summed E-state index contributed by atoms with van der Waals surface area (Å²) in [5, 5.41) is 2.67.